The molecule has 5 nitrogen and oxygen atoms in total. The van der Waals surface area contributed by atoms with Crippen LogP contribution >= 0.6 is 0 Å². The third-order valence-corrected chi connectivity index (χ3v) is 5.70. The number of rotatable bonds is 2. The SMILES string of the molecule is Cc1ccc(/C=N\N2C(=O)[C@@H]3[C@@H]4C=C[C@H]([C@H]5C[C@H]45)[C@@H]3C2=O)o1. The smallest absolute Gasteiger partial charge is 0.254 e. The lowest BCUT2D eigenvalue weighted by molar-refractivity contribution is -0.140. The second kappa shape index (κ2) is 3.97. The lowest BCUT2D eigenvalue weighted by Gasteiger charge is -2.37. The van der Waals surface area contributed by atoms with Gasteiger partial charge in [0.25, 0.3) is 11.8 Å². The first-order valence-electron chi connectivity index (χ1n) is 7.82. The van der Waals surface area contributed by atoms with Crippen molar-refractivity contribution >= 4 is 18.0 Å². The molecule has 22 heavy (non-hydrogen) atoms. The van der Waals surface area contributed by atoms with E-state index in [9.17, 15) is 9.59 Å². The number of nitrogens with zero attached hydrogens (tertiary/aromatic N) is 2. The first-order chi connectivity index (χ1) is 10.6. The van der Waals surface area contributed by atoms with E-state index in [4.69, 9.17) is 4.42 Å². The van der Waals surface area contributed by atoms with Gasteiger partial charge in [-0.25, -0.2) is 0 Å². The minimum Gasteiger partial charge on any atom is -0.460 e. The average Bonchev–Trinajstić information content (AvgIpc) is 3.19. The molecule has 1 saturated heterocycles. The number of hydrogen-bond acceptors (Lipinski definition) is 4. The maximum atomic E-state index is 12.7. The van der Waals surface area contributed by atoms with Crippen LogP contribution in [-0.4, -0.2) is 23.0 Å². The Kier molecular flexibility index (Phi) is 2.23. The van der Waals surface area contributed by atoms with E-state index >= 15 is 0 Å². The van der Waals surface area contributed by atoms with Gasteiger partial charge in [-0.05, 0) is 49.1 Å². The number of hydrazone groups is 1. The zero-order valence-corrected chi connectivity index (χ0v) is 12.2. The predicted molar refractivity (Wildman–Crippen MR) is 77.6 cm³/mol. The van der Waals surface area contributed by atoms with Crippen LogP contribution in [0.1, 0.15) is 17.9 Å². The van der Waals surface area contributed by atoms with Gasteiger partial charge in [-0.15, -0.1) is 0 Å². The number of carbonyl (C=O) groups excluding carboxylic acids is 2. The van der Waals surface area contributed by atoms with Crippen molar-refractivity contribution in [2.24, 2.45) is 40.6 Å². The summed E-state index contributed by atoms with van der Waals surface area (Å²) in [6.07, 6.45) is 6.95. The highest BCUT2D eigenvalue weighted by Crippen LogP contribution is 2.65. The monoisotopic (exact) mass is 296 g/mol. The molecule has 1 aliphatic heterocycles. The summed E-state index contributed by atoms with van der Waals surface area (Å²) in [5.74, 6) is 2.37. The summed E-state index contributed by atoms with van der Waals surface area (Å²) in [7, 11) is 0. The van der Waals surface area contributed by atoms with Gasteiger partial charge in [0, 0.05) is 0 Å². The van der Waals surface area contributed by atoms with Crippen LogP contribution < -0.4 is 0 Å². The lowest BCUT2D eigenvalue weighted by atomic mass is 9.63. The van der Waals surface area contributed by atoms with Crippen molar-refractivity contribution in [3.8, 4) is 0 Å². The van der Waals surface area contributed by atoms with Crippen molar-refractivity contribution in [3.63, 3.8) is 0 Å². The van der Waals surface area contributed by atoms with Crippen LogP contribution in [0.4, 0.5) is 0 Å². The van der Waals surface area contributed by atoms with E-state index in [1.165, 1.54) is 12.6 Å². The molecule has 3 fully saturated rings. The Morgan fingerprint density at radius 1 is 1.14 bits per heavy atom. The van der Waals surface area contributed by atoms with E-state index < -0.39 is 0 Å². The fourth-order valence-corrected chi connectivity index (χ4v) is 4.69. The third kappa shape index (κ3) is 1.46. The number of hydrogen-bond donors (Lipinski definition) is 0. The van der Waals surface area contributed by atoms with Gasteiger partial charge in [0.2, 0.25) is 0 Å². The molecule has 112 valence electrons. The Labute approximate surface area is 127 Å². The van der Waals surface area contributed by atoms with Gasteiger partial charge in [-0.1, -0.05) is 12.2 Å². The van der Waals surface area contributed by atoms with Crippen molar-refractivity contribution in [1.29, 1.82) is 0 Å². The van der Waals surface area contributed by atoms with Crippen LogP contribution in [0, 0.1) is 42.4 Å². The van der Waals surface area contributed by atoms with E-state index in [1.54, 1.807) is 6.07 Å². The maximum Gasteiger partial charge on any atom is 0.254 e. The Morgan fingerprint density at radius 3 is 2.32 bits per heavy atom. The zero-order valence-electron chi connectivity index (χ0n) is 12.2. The van der Waals surface area contributed by atoms with Crippen LogP contribution in [0.15, 0.2) is 33.8 Å². The lowest BCUT2D eigenvalue weighted by Crippen LogP contribution is -2.40. The Bertz CT molecular complexity index is 711. The first-order valence-corrected chi connectivity index (χ1v) is 7.82. The quantitative estimate of drug-likeness (QED) is 0.476. The van der Waals surface area contributed by atoms with Crippen LogP contribution in [0.2, 0.25) is 0 Å². The van der Waals surface area contributed by atoms with Crippen LogP contribution in [0.25, 0.3) is 0 Å². The molecule has 5 heteroatoms. The van der Waals surface area contributed by atoms with Crippen molar-refractivity contribution in [2.45, 2.75) is 13.3 Å². The van der Waals surface area contributed by atoms with E-state index in [0.717, 1.165) is 10.8 Å². The highest BCUT2D eigenvalue weighted by molar-refractivity contribution is 6.06. The fraction of sp³-hybridized carbons (Fsp3) is 0.471. The Morgan fingerprint density at radius 2 is 1.77 bits per heavy atom. The number of carbonyl (C=O) groups is 2. The van der Waals surface area contributed by atoms with E-state index in [2.05, 4.69) is 17.3 Å². The molecule has 0 N–H and O–H groups in total. The molecule has 2 amide bonds. The van der Waals surface area contributed by atoms with Gasteiger partial charge in [0.1, 0.15) is 11.5 Å². The van der Waals surface area contributed by atoms with Crippen molar-refractivity contribution < 1.29 is 14.0 Å². The van der Waals surface area contributed by atoms with E-state index in [1.807, 2.05) is 13.0 Å². The molecule has 6 rings (SSSR count). The molecule has 6 atom stereocenters. The van der Waals surface area contributed by atoms with Crippen molar-refractivity contribution in [1.82, 2.24) is 5.01 Å². The Hall–Kier alpha value is -2.17. The minimum absolute atomic E-state index is 0.140. The summed E-state index contributed by atoms with van der Waals surface area (Å²) >= 11 is 0. The second-order valence-corrected chi connectivity index (χ2v) is 6.84. The van der Waals surface area contributed by atoms with Gasteiger partial charge in [-0.3, -0.25) is 9.59 Å². The molecule has 2 saturated carbocycles. The zero-order chi connectivity index (χ0) is 15.0. The molecule has 0 unspecified atom stereocenters. The molecule has 1 aromatic heterocycles. The molecule has 1 aromatic rings. The van der Waals surface area contributed by atoms with Gasteiger partial charge in [0.15, 0.2) is 0 Å². The molecule has 2 heterocycles. The maximum absolute atomic E-state index is 12.7. The fourth-order valence-electron chi connectivity index (χ4n) is 4.69. The number of imide groups is 1. The molecule has 0 radical (unpaired) electrons. The highest BCUT2D eigenvalue weighted by atomic mass is 16.3. The largest absolute Gasteiger partial charge is 0.460 e. The summed E-state index contributed by atoms with van der Waals surface area (Å²) in [6.45, 7) is 1.84. The van der Waals surface area contributed by atoms with Crippen molar-refractivity contribution in [2.75, 3.05) is 0 Å². The van der Waals surface area contributed by atoms with Crippen LogP contribution in [0.3, 0.4) is 0 Å². The summed E-state index contributed by atoms with van der Waals surface area (Å²) in [5.41, 5.74) is 0. The van der Waals surface area contributed by atoms with Gasteiger partial charge < -0.3 is 4.42 Å². The molecule has 0 aromatic carbocycles. The third-order valence-electron chi connectivity index (χ3n) is 5.70. The summed E-state index contributed by atoms with van der Waals surface area (Å²) in [4.78, 5) is 25.3. The van der Waals surface area contributed by atoms with E-state index in [-0.39, 0.29) is 35.5 Å². The topological polar surface area (TPSA) is 62.9 Å². The molecule has 5 aliphatic rings. The molecular formula is C17H16N2O3. The van der Waals surface area contributed by atoms with Gasteiger partial charge in [0.05, 0.1) is 18.1 Å². The highest BCUT2D eigenvalue weighted by Gasteiger charge is 2.67. The van der Waals surface area contributed by atoms with Crippen molar-refractivity contribution in [3.05, 3.63) is 35.8 Å². The standard InChI is InChI=1S/C17H16N2O3/c1-8-2-3-9(22-8)7-18-19-16(20)14-10-4-5-11(13-6-12(10)13)15(14)17(19)21/h2-5,7,10-15H,6H2,1H3/b18-7-/t10-,11-,12-,13-,14-,15+/m1/s1. The number of allylic oxidation sites excluding steroid dienone is 2. The van der Waals surface area contributed by atoms with Crippen LogP contribution in [0.5, 0.6) is 0 Å². The number of aryl methyl sites for hydroxylation is 1. The summed E-state index contributed by atoms with van der Waals surface area (Å²) in [5, 5.41) is 5.19. The molecule has 2 bridgehead atoms. The molecule has 0 spiro atoms. The van der Waals surface area contributed by atoms with Crippen LogP contribution in [-0.2, 0) is 9.59 Å². The Balaban J connectivity index is 1.46. The molecular weight excluding hydrogens is 280 g/mol. The van der Waals surface area contributed by atoms with E-state index in [0.29, 0.717) is 17.6 Å². The summed E-state index contributed by atoms with van der Waals surface area (Å²) in [6, 6.07) is 3.60. The normalized spacial score (nSPS) is 41.4. The second-order valence-electron chi connectivity index (χ2n) is 6.84. The number of furan rings is 1. The number of amides is 2. The first kappa shape index (κ1) is 12.4. The predicted octanol–water partition coefficient (Wildman–Crippen LogP) is 1.98. The molecule has 4 aliphatic carbocycles. The average molecular weight is 296 g/mol. The van der Waals surface area contributed by atoms with Gasteiger partial charge >= 0.3 is 0 Å². The minimum atomic E-state index is -0.193. The van der Waals surface area contributed by atoms with Gasteiger partial charge in [-0.2, -0.15) is 10.1 Å². The summed E-state index contributed by atoms with van der Waals surface area (Å²) < 4.78 is 5.40.